The highest BCUT2D eigenvalue weighted by Gasteiger charge is 2.21. The highest BCUT2D eigenvalue weighted by atomic mass is 32.1. The van der Waals surface area contributed by atoms with Gasteiger partial charge in [-0.1, -0.05) is 12.1 Å². The molecular formula is C17H20FN3OS. The highest BCUT2D eigenvalue weighted by molar-refractivity contribution is 7.09. The van der Waals surface area contributed by atoms with E-state index in [1.54, 1.807) is 23.5 Å². The first-order valence-corrected chi connectivity index (χ1v) is 8.69. The highest BCUT2D eigenvalue weighted by Crippen LogP contribution is 2.17. The Balaban J connectivity index is 1.56. The van der Waals surface area contributed by atoms with E-state index in [0.29, 0.717) is 12.8 Å². The van der Waals surface area contributed by atoms with Crippen LogP contribution in [0.4, 0.5) is 4.39 Å². The van der Waals surface area contributed by atoms with Gasteiger partial charge in [0.1, 0.15) is 5.82 Å². The lowest BCUT2D eigenvalue weighted by molar-refractivity contribution is -0.131. The molecule has 2 heterocycles. The third kappa shape index (κ3) is 4.36. The summed E-state index contributed by atoms with van der Waals surface area (Å²) in [6.07, 6.45) is 2.75. The van der Waals surface area contributed by atoms with Gasteiger partial charge in [0.25, 0.3) is 0 Å². The molecule has 4 nitrogen and oxygen atoms in total. The molecule has 0 atom stereocenters. The number of hydrogen-bond donors (Lipinski definition) is 1. The molecule has 3 rings (SSSR count). The summed E-state index contributed by atoms with van der Waals surface area (Å²) in [5, 5.41) is 2.88. The van der Waals surface area contributed by atoms with Crippen molar-refractivity contribution >= 4 is 17.2 Å². The summed E-state index contributed by atoms with van der Waals surface area (Å²) in [5.41, 5.74) is 7.69. The molecule has 0 radical (unpaired) electrons. The molecule has 0 spiro atoms. The fraction of sp³-hybridized carbons (Fsp3) is 0.412. The zero-order valence-corrected chi connectivity index (χ0v) is 13.7. The van der Waals surface area contributed by atoms with Gasteiger partial charge in [0.05, 0.1) is 17.1 Å². The average Bonchev–Trinajstić information content (AvgIpc) is 2.97. The molecule has 1 aliphatic rings. The lowest BCUT2D eigenvalue weighted by Crippen LogP contribution is -2.43. The van der Waals surface area contributed by atoms with E-state index in [2.05, 4.69) is 4.98 Å². The van der Waals surface area contributed by atoms with E-state index < -0.39 is 0 Å². The van der Waals surface area contributed by atoms with Gasteiger partial charge < -0.3 is 10.6 Å². The van der Waals surface area contributed by atoms with Gasteiger partial charge in [-0.2, -0.15) is 0 Å². The number of aromatic nitrogens is 1. The summed E-state index contributed by atoms with van der Waals surface area (Å²) in [7, 11) is 0. The maximum Gasteiger partial charge on any atom is 0.228 e. The van der Waals surface area contributed by atoms with Crippen LogP contribution < -0.4 is 5.73 Å². The van der Waals surface area contributed by atoms with Gasteiger partial charge in [-0.15, -0.1) is 11.3 Å². The number of nitrogens with two attached hydrogens (primary N) is 1. The van der Waals surface area contributed by atoms with Crippen LogP contribution in [0.1, 0.15) is 29.1 Å². The predicted octanol–water partition coefficient (Wildman–Crippen LogP) is 2.37. The molecule has 2 N–H and O–H groups in total. The number of hydrogen-bond acceptors (Lipinski definition) is 4. The van der Waals surface area contributed by atoms with E-state index >= 15 is 0 Å². The minimum absolute atomic E-state index is 0.121. The molecule has 1 saturated heterocycles. The molecule has 1 aromatic heterocycles. The lowest BCUT2D eigenvalue weighted by Gasteiger charge is -2.30. The quantitative estimate of drug-likeness (QED) is 0.934. The summed E-state index contributed by atoms with van der Waals surface area (Å²) < 4.78 is 12.9. The number of amides is 1. The second-order valence-electron chi connectivity index (χ2n) is 5.93. The van der Waals surface area contributed by atoms with Gasteiger partial charge in [-0.25, -0.2) is 9.37 Å². The van der Waals surface area contributed by atoms with Crippen molar-refractivity contribution in [1.29, 1.82) is 0 Å². The van der Waals surface area contributed by atoms with Crippen molar-refractivity contribution in [3.63, 3.8) is 0 Å². The first-order valence-electron chi connectivity index (χ1n) is 7.81. The summed E-state index contributed by atoms with van der Waals surface area (Å²) in [6.45, 7) is 1.49. The van der Waals surface area contributed by atoms with Crippen LogP contribution in [0.3, 0.4) is 0 Å². The van der Waals surface area contributed by atoms with Gasteiger partial charge >= 0.3 is 0 Å². The summed E-state index contributed by atoms with van der Waals surface area (Å²) >= 11 is 1.54. The molecule has 0 saturated carbocycles. The molecule has 2 aromatic rings. The minimum Gasteiger partial charge on any atom is -0.342 e. The van der Waals surface area contributed by atoms with Crippen LogP contribution in [-0.4, -0.2) is 34.9 Å². The van der Waals surface area contributed by atoms with Gasteiger partial charge in [0, 0.05) is 30.9 Å². The first kappa shape index (κ1) is 16.1. The lowest BCUT2D eigenvalue weighted by atomic mass is 10.1. The van der Waals surface area contributed by atoms with Crippen LogP contribution in [-0.2, 0) is 17.6 Å². The van der Waals surface area contributed by atoms with Crippen LogP contribution >= 0.6 is 11.3 Å². The van der Waals surface area contributed by atoms with E-state index in [4.69, 9.17) is 5.73 Å². The maximum absolute atomic E-state index is 12.9. The number of carbonyl (C=O) groups is 1. The number of rotatable bonds is 4. The number of likely N-dealkylation sites (tertiary alicyclic amines) is 1. The minimum atomic E-state index is -0.236. The molecule has 0 unspecified atom stereocenters. The zero-order valence-electron chi connectivity index (χ0n) is 12.9. The fourth-order valence-electron chi connectivity index (χ4n) is 2.70. The third-order valence-electron chi connectivity index (χ3n) is 4.09. The van der Waals surface area contributed by atoms with Crippen molar-refractivity contribution in [3.8, 4) is 0 Å². The Hall–Kier alpha value is -1.79. The second kappa shape index (κ2) is 7.19. The molecule has 6 heteroatoms. The molecule has 1 amide bonds. The molecule has 1 aliphatic heterocycles. The largest absolute Gasteiger partial charge is 0.342 e. The van der Waals surface area contributed by atoms with Gasteiger partial charge in [0.2, 0.25) is 5.91 Å². The fourth-order valence-corrected chi connectivity index (χ4v) is 3.53. The van der Waals surface area contributed by atoms with Crippen LogP contribution in [0.5, 0.6) is 0 Å². The van der Waals surface area contributed by atoms with Gasteiger partial charge in [0.15, 0.2) is 0 Å². The number of carbonyl (C=O) groups excluding carboxylic acids is 1. The van der Waals surface area contributed by atoms with Crippen molar-refractivity contribution < 1.29 is 9.18 Å². The van der Waals surface area contributed by atoms with Crippen molar-refractivity contribution in [2.24, 2.45) is 5.73 Å². The summed E-state index contributed by atoms with van der Waals surface area (Å²) in [6, 6.07) is 6.65. The second-order valence-corrected chi connectivity index (χ2v) is 6.87. The monoisotopic (exact) mass is 333 g/mol. The Bertz CT molecular complexity index is 663. The zero-order chi connectivity index (χ0) is 16.2. The maximum atomic E-state index is 12.9. The van der Waals surface area contributed by atoms with Gasteiger partial charge in [-0.05, 0) is 30.5 Å². The van der Waals surface area contributed by atoms with Crippen molar-refractivity contribution in [2.75, 3.05) is 13.1 Å². The Morgan fingerprint density at radius 2 is 2.00 bits per heavy atom. The van der Waals surface area contributed by atoms with Crippen molar-refractivity contribution in [3.05, 3.63) is 51.7 Å². The number of benzene rings is 1. The Morgan fingerprint density at radius 3 is 2.70 bits per heavy atom. The molecule has 122 valence electrons. The molecular weight excluding hydrogens is 313 g/mol. The topological polar surface area (TPSA) is 59.2 Å². The molecule has 0 aliphatic carbocycles. The SMILES string of the molecule is NC1CCN(C(=O)Cc2csc(Cc3ccc(F)cc3)n2)CC1. The Kier molecular flexibility index (Phi) is 5.03. The standard InChI is InChI=1S/C17H20FN3OS/c18-13-3-1-12(2-4-13)9-16-20-15(11-23-16)10-17(22)21-7-5-14(19)6-8-21/h1-4,11,14H,5-10,19H2. The van der Waals surface area contributed by atoms with E-state index in [1.165, 1.54) is 12.1 Å². The summed E-state index contributed by atoms with van der Waals surface area (Å²) in [5.74, 6) is -0.115. The normalized spacial score (nSPS) is 15.8. The van der Waals surface area contributed by atoms with Crippen LogP contribution in [0.25, 0.3) is 0 Å². The molecule has 1 fully saturated rings. The number of halogens is 1. The van der Waals surface area contributed by atoms with E-state index in [9.17, 15) is 9.18 Å². The Labute approximate surface area is 139 Å². The predicted molar refractivity (Wildman–Crippen MR) is 88.8 cm³/mol. The third-order valence-corrected chi connectivity index (χ3v) is 4.99. The molecule has 0 bridgehead atoms. The van der Waals surface area contributed by atoms with Crippen molar-refractivity contribution in [1.82, 2.24) is 9.88 Å². The average molecular weight is 333 g/mol. The number of nitrogens with zero attached hydrogens (tertiary/aromatic N) is 2. The van der Waals surface area contributed by atoms with Crippen LogP contribution in [0.2, 0.25) is 0 Å². The first-order chi connectivity index (χ1) is 11.1. The molecule has 1 aromatic carbocycles. The smallest absolute Gasteiger partial charge is 0.228 e. The summed E-state index contributed by atoms with van der Waals surface area (Å²) in [4.78, 5) is 18.7. The number of piperidine rings is 1. The van der Waals surface area contributed by atoms with Crippen LogP contribution in [0.15, 0.2) is 29.6 Å². The molecule has 23 heavy (non-hydrogen) atoms. The van der Waals surface area contributed by atoms with E-state index in [1.807, 2.05) is 10.3 Å². The van der Waals surface area contributed by atoms with E-state index in [0.717, 1.165) is 42.2 Å². The van der Waals surface area contributed by atoms with Gasteiger partial charge in [-0.3, -0.25) is 4.79 Å². The van der Waals surface area contributed by atoms with Crippen molar-refractivity contribution in [2.45, 2.75) is 31.7 Å². The Morgan fingerprint density at radius 1 is 1.30 bits per heavy atom. The number of thiazole rings is 1. The van der Waals surface area contributed by atoms with E-state index in [-0.39, 0.29) is 17.8 Å². The van der Waals surface area contributed by atoms with Crippen LogP contribution in [0, 0.1) is 5.82 Å².